The molecule has 0 aromatic heterocycles. The highest BCUT2D eigenvalue weighted by atomic mass is 35.5. The molecule has 0 radical (unpaired) electrons. The predicted molar refractivity (Wildman–Crippen MR) is 117 cm³/mol. The van der Waals surface area contributed by atoms with E-state index in [2.05, 4.69) is 18.3 Å². The molecular weight excluding hydrogens is 390 g/mol. The minimum absolute atomic E-state index is 0.0270. The smallest absolute Gasteiger partial charge is 0.330 e. The first-order valence-electron chi connectivity index (χ1n) is 10.8. The van der Waals surface area contributed by atoms with Crippen molar-refractivity contribution in [2.75, 3.05) is 6.61 Å². The molecule has 164 valence electrons. The van der Waals surface area contributed by atoms with Crippen LogP contribution in [0.15, 0.2) is 34.9 Å². The third-order valence-electron chi connectivity index (χ3n) is 6.51. The molecule has 2 fully saturated rings. The maximum Gasteiger partial charge on any atom is 0.330 e. The number of carboxylic acids is 1. The van der Waals surface area contributed by atoms with E-state index < -0.39 is 12.1 Å². The second-order valence-electron chi connectivity index (χ2n) is 8.64. The third-order valence-corrected chi connectivity index (χ3v) is 6.82. The van der Waals surface area contributed by atoms with E-state index in [9.17, 15) is 9.90 Å². The standard InChI is InChI=1S/C23H36ClNO4/c1-16(8-10-20(27)15-18(24)11-14-26)21-6-4-13-23(21)12-3-5-19(25-23)9-7-17(2)22(28)29/h7-8,10,15-16,19-21,25-27H,3-6,9,11-14H2,1-2H3,(H,28,29)/b10-8+,17-7+,18-15-/t16-,19+,20-,21+,23+/m0/s1. The molecule has 2 aliphatic rings. The lowest BCUT2D eigenvalue weighted by molar-refractivity contribution is -0.132. The van der Waals surface area contributed by atoms with Gasteiger partial charge in [-0.2, -0.15) is 0 Å². The number of hydrogen-bond donors (Lipinski definition) is 4. The molecular formula is C23H36ClNO4. The lowest BCUT2D eigenvalue weighted by atomic mass is 9.72. The van der Waals surface area contributed by atoms with Gasteiger partial charge in [0.2, 0.25) is 0 Å². The second-order valence-corrected chi connectivity index (χ2v) is 9.12. The summed E-state index contributed by atoms with van der Waals surface area (Å²) in [5.74, 6) is -0.0327. The van der Waals surface area contributed by atoms with Crippen molar-refractivity contribution in [3.05, 3.63) is 34.9 Å². The first-order chi connectivity index (χ1) is 13.8. The van der Waals surface area contributed by atoms with Gasteiger partial charge in [-0.3, -0.25) is 0 Å². The Hall–Kier alpha value is -1.14. The van der Waals surface area contributed by atoms with Crippen LogP contribution in [0.25, 0.3) is 0 Å². The van der Waals surface area contributed by atoms with Crippen molar-refractivity contribution in [3.8, 4) is 0 Å². The normalized spacial score (nSPS) is 30.8. The Morgan fingerprint density at radius 1 is 1.28 bits per heavy atom. The Labute approximate surface area is 179 Å². The van der Waals surface area contributed by atoms with Crippen LogP contribution in [0.3, 0.4) is 0 Å². The van der Waals surface area contributed by atoms with E-state index in [0.717, 1.165) is 38.5 Å². The van der Waals surface area contributed by atoms with Gasteiger partial charge in [-0.05, 0) is 56.9 Å². The maximum absolute atomic E-state index is 11.1. The molecule has 1 saturated heterocycles. The van der Waals surface area contributed by atoms with Crippen LogP contribution in [-0.2, 0) is 4.79 Å². The molecule has 1 heterocycles. The molecule has 1 saturated carbocycles. The number of carbonyl (C=O) groups is 1. The molecule has 0 aromatic rings. The van der Waals surface area contributed by atoms with Crippen molar-refractivity contribution >= 4 is 17.6 Å². The SMILES string of the molecule is C/C(=C\C[C@H]1CCC[C@]2(CCC[C@@H]2[C@@H](C)/C=C/[C@H](O)/C=C(\Cl)CCO)N1)C(=O)O. The molecule has 2 rings (SSSR count). The van der Waals surface area contributed by atoms with Crippen molar-refractivity contribution in [3.63, 3.8) is 0 Å². The molecule has 1 spiro atoms. The van der Waals surface area contributed by atoms with E-state index in [4.69, 9.17) is 21.8 Å². The Kier molecular flexibility index (Phi) is 9.41. The monoisotopic (exact) mass is 425 g/mol. The van der Waals surface area contributed by atoms with Crippen LogP contribution in [0, 0.1) is 11.8 Å². The number of piperidine rings is 1. The molecule has 5 nitrogen and oxygen atoms in total. The third kappa shape index (κ3) is 6.95. The van der Waals surface area contributed by atoms with Gasteiger partial charge in [0.15, 0.2) is 0 Å². The van der Waals surface area contributed by atoms with Crippen molar-refractivity contribution in [2.24, 2.45) is 11.8 Å². The minimum atomic E-state index is -0.847. The summed E-state index contributed by atoms with van der Waals surface area (Å²) in [5, 5.41) is 32.5. The largest absolute Gasteiger partial charge is 0.478 e. The van der Waals surface area contributed by atoms with E-state index in [1.807, 2.05) is 6.08 Å². The summed E-state index contributed by atoms with van der Waals surface area (Å²) in [6.07, 6.45) is 14.5. The zero-order valence-electron chi connectivity index (χ0n) is 17.6. The molecule has 5 atom stereocenters. The van der Waals surface area contributed by atoms with Crippen molar-refractivity contribution in [1.82, 2.24) is 5.32 Å². The number of halogens is 1. The van der Waals surface area contributed by atoms with Crippen molar-refractivity contribution in [2.45, 2.75) is 82.9 Å². The molecule has 0 amide bonds. The van der Waals surface area contributed by atoms with Crippen molar-refractivity contribution in [1.29, 1.82) is 0 Å². The number of rotatable bonds is 9. The van der Waals surface area contributed by atoms with Gasteiger partial charge in [-0.25, -0.2) is 4.79 Å². The average molecular weight is 426 g/mol. The van der Waals surface area contributed by atoms with Gasteiger partial charge in [0.25, 0.3) is 0 Å². The van der Waals surface area contributed by atoms with Gasteiger partial charge in [0.05, 0.1) is 6.10 Å². The summed E-state index contributed by atoms with van der Waals surface area (Å²) < 4.78 is 0. The highest BCUT2D eigenvalue weighted by molar-refractivity contribution is 6.29. The van der Waals surface area contributed by atoms with Crippen LogP contribution >= 0.6 is 11.6 Å². The molecule has 4 N–H and O–H groups in total. The van der Waals surface area contributed by atoms with Gasteiger partial charge in [-0.15, -0.1) is 0 Å². The van der Waals surface area contributed by atoms with Gasteiger partial charge < -0.3 is 20.6 Å². The van der Waals surface area contributed by atoms with E-state index in [1.165, 1.54) is 6.42 Å². The zero-order chi connectivity index (χ0) is 21.4. The predicted octanol–water partition coefficient (Wildman–Crippen LogP) is 4.15. The van der Waals surface area contributed by atoms with Gasteiger partial charge in [0, 0.05) is 35.2 Å². The second kappa shape index (κ2) is 11.3. The number of allylic oxidation sites excluding steroid dienone is 1. The summed E-state index contributed by atoms with van der Waals surface area (Å²) in [4.78, 5) is 11.1. The Balaban J connectivity index is 2.01. The molecule has 1 aliphatic heterocycles. The number of aliphatic hydroxyl groups excluding tert-OH is 2. The van der Waals surface area contributed by atoms with Gasteiger partial charge in [0.1, 0.15) is 0 Å². The fourth-order valence-electron chi connectivity index (χ4n) is 5.01. The topological polar surface area (TPSA) is 89.8 Å². The highest BCUT2D eigenvalue weighted by Crippen LogP contribution is 2.46. The van der Waals surface area contributed by atoms with Crippen LogP contribution < -0.4 is 5.32 Å². The number of nitrogens with one attached hydrogen (secondary N) is 1. The fourth-order valence-corrected chi connectivity index (χ4v) is 5.22. The fraction of sp³-hybridized carbons (Fsp3) is 0.696. The lowest BCUT2D eigenvalue weighted by Crippen LogP contribution is -2.56. The number of aliphatic hydroxyl groups is 2. The molecule has 0 bridgehead atoms. The summed E-state index contributed by atoms with van der Waals surface area (Å²) in [7, 11) is 0. The van der Waals surface area contributed by atoms with Crippen LogP contribution in [0.4, 0.5) is 0 Å². The van der Waals surface area contributed by atoms with Gasteiger partial charge >= 0.3 is 5.97 Å². The lowest BCUT2D eigenvalue weighted by Gasteiger charge is -2.45. The van der Waals surface area contributed by atoms with Crippen LogP contribution in [-0.4, -0.2) is 45.6 Å². The highest BCUT2D eigenvalue weighted by Gasteiger charge is 2.46. The minimum Gasteiger partial charge on any atom is -0.478 e. The van der Waals surface area contributed by atoms with Crippen LogP contribution in [0.2, 0.25) is 0 Å². The quantitative estimate of drug-likeness (QED) is 0.329. The number of aliphatic carboxylic acids is 1. The van der Waals surface area contributed by atoms with E-state index in [-0.39, 0.29) is 12.1 Å². The zero-order valence-corrected chi connectivity index (χ0v) is 18.4. The Morgan fingerprint density at radius 2 is 1.97 bits per heavy atom. The number of carboxylic acid groups (broad SMARTS) is 1. The average Bonchev–Trinajstić information content (AvgIpc) is 3.06. The first kappa shape index (κ1) is 24.1. The molecule has 29 heavy (non-hydrogen) atoms. The molecule has 0 unspecified atom stereocenters. The van der Waals surface area contributed by atoms with E-state index in [1.54, 1.807) is 19.1 Å². The molecule has 6 heteroatoms. The van der Waals surface area contributed by atoms with Crippen LogP contribution in [0.5, 0.6) is 0 Å². The summed E-state index contributed by atoms with van der Waals surface area (Å²) in [6.45, 7) is 3.83. The van der Waals surface area contributed by atoms with Crippen molar-refractivity contribution < 1.29 is 20.1 Å². The molecule has 1 aliphatic carbocycles. The summed E-state index contributed by atoms with van der Waals surface area (Å²) >= 11 is 5.98. The van der Waals surface area contributed by atoms with E-state index >= 15 is 0 Å². The maximum atomic E-state index is 11.1. The van der Waals surface area contributed by atoms with E-state index in [0.29, 0.717) is 34.9 Å². The summed E-state index contributed by atoms with van der Waals surface area (Å²) in [5.41, 5.74) is 0.514. The summed E-state index contributed by atoms with van der Waals surface area (Å²) in [6, 6.07) is 0.320. The number of hydrogen-bond acceptors (Lipinski definition) is 4. The van der Waals surface area contributed by atoms with Gasteiger partial charge in [-0.1, -0.05) is 49.6 Å². The molecule has 0 aromatic carbocycles. The Morgan fingerprint density at radius 3 is 2.62 bits per heavy atom. The Bertz CT molecular complexity index is 645. The first-order valence-corrected chi connectivity index (χ1v) is 11.2. The van der Waals surface area contributed by atoms with Crippen LogP contribution in [0.1, 0.15) is 65.2 Å².